The van der Waals surface area contributed by atoms with Gasteiger partial charge in [0.25, 0.3) is 5.91 Å². The molecule has 1 amide bonds. The number of fused-ring (bicyclic) bond motifs is 1. The number of pyridine rings is 1. The maximum atomic E-state index is 13.9. The van der Waals surface area contributed by atoms with Gasteiger partial charge in [-0.2, -0.15) is 4.31 Å². The molecule has 230 valence electrons. The van der Waals surface area contributed by atoms with Crippen LogP contribution in [0.5, 0.6) is 5.75 Å². The van der Waals surface area contributed by atoms with E-state index in [9.17, 15) is 18.3 Å². The van der Waals surface area contributed by atoms with Gasteiger partial charge in [-0.25, -0.2) is 13.4 Å². The predicted octanol–water partition coefficient (Wildman–Crippen LogP) is 3.87. The summed E-state index contributed by atoms with van der Waals surface area (Å²) in [5.74, 6) is 0.218. The maximum absolute atomic E-state index is 13.9. The van der Waals surface area contributed by atoms with E-state index in [2.05, 4.69) is 20.6 Å². The minimum Gasteiger partial charge on any atom is -0.481 e. The first-order valence-electron chi connectivity index (χ1n) is 13.8. The molecule has 3 N–H and O–H groups in total. The number of halogens is 2. The van der Waals surface area contributed by atoms with E-state index in [0.717, 1.165) is 11.1 Å². The Morgan fingerprint density at radius 3 is 2.47 bits per heavy atom. The number of aliphatic hydroxyl groups excluding tert-OH is 1. The summed E-state index contributed by atoms with van der Waals surface area (Å²) in [5, 5.41) is 17.6. The van der Waals surface area contributed by atoms with Gasteiger partial charge in [0.1, 0.15) is 15.9 Å². The molecule has 1 aliphatic carbocycles. The van der Waals surface area contributed by atoms with Gasteiger partial charge in [-0.1, -0.05) is 73.5 Å². The number of benzene rings is 1. The number of sulfonamides is 1. The third kappa shape index (κ3) is 8.45. The largest absolute Gasteiger partial charge is 0.481 e. The standard InChI is InChI=1S/C30H35Cl2N5O5S/c1-19(2)16-37(43(40,41)22-10-9-21-12-28(33-3)35-25(21)13-22)17-27(38)26(11-20-7-5-4-6-8-20)36-29(39)18-42-30-23(31)14-34-15-24(30)32/h4-10,12,14-15,19,26-27,33,38H,11,13,16-18H2,1-3H3,(H,36,39). The molecule has 2 aliphatic rings. The van der Waals surface area contributed by atoms with E-state index in [0.29, 0.717) is 11.5 Å². The highest BCUT2D eigenvalue weighted by molar-refractivity contribution is 7.93. The Bertz CT molecular complexity index is 1540. The molecule has 0 spiro atoms. The minimum absolute atomic E-state index is 0.0240. The third-order valence-corrected chi connectivity index (χ3v) is 9.28. The lowest BCUT2D eigenvalue weighted by Gasteiger charge is -2.31. The van der Waals surface area contributed by atoms with E-state index < -0.39 is 34.7 Å². The van der Waals surface area contributed by atoms with Gasteiger partial charge >= 0.3 is 0 Å². The van der Waals surface area contributed by atoms with Crippen molar-refractivity contribution in [3.63, 3.8) is 0 Å². The second kappa shape index (κ2) is 14.5. The smallest absolute Gasteiger partial charge is 0.258 e. The van der Waals surface area contributed by atoms with Crippen LogP contribution >= 0.6 is 23.2 Å². The van der Waals surface area contributed by atoms with Crippen molar-refractivity contribution in [1.82, 2.24) is 19.9 Å². The van der Waals surface area contributed by atoms with Gasteiger partial charge in [-0.05, 0) is 30.1 Å². The number of aromatic nitrogens is 1. The van der Waals surface area contributed by atoms with Crippen LogP contribution in [0.15, 0.2) is 82.2 Å². The number of aliphatic hydroxyl groups is 1. The molecule has 0 saturated heterocycles. The predicted molar refractivity (Wildman–Crippen MR) is 169 cm³/mol. The fourth-order valence-corrected chi connectivity index (χ4v) is 6.93. The van der Waals surface area contributed by atoms with Crippen LogP contribution < -0.4 is 15.4 Å². The van der Waals surface area contributed by atoms with Crippen LogP contribution in [-0.2, 0) is 21.2 Å². The first-order valence-corrected chi connectivity index (χ1v) is 16.0. The Morgan fingerprint density at radius 2 is 1.81 bits per heavy atom. The number of nitrogens with one attached hydrogen (secondary N) is 2. The Labute approximate surface area is 262 Å². The van der Waals surface area contributed by atoms with Gasteiger partial charge in [0.05, 0.1) is 22.8 Å². The fourth-order valence-electron chi connectivity index (χ4n) is 4.73. The van der Waals surface area contributed by atoms with E-state index in [1.165, 1.54) is 16.7 Å². The van der Waals surface area contributed by atoms with Gasteiger partial charge in [0.2, 0.25) is 10.0 Å². The summed E-state index contributed by atoms with van der Waals surface area (Å²) in [5.41, 5.74) is 2.38. The number of hydrogen-bond acceptors (Lipinski definition) is 8. The molecule has 1 aliphatic heterocycles. The van der Waals surface area contributed by atoms with Crippen LogP contribution in [0.1, 0.15) is 25.8 Å². The van der Waals surface area contributed by atoms with Crippen molar-refractivity contribution >= 4 is 44.8 Å². The SMILES string of the molecule is CNC1=CC2=CC=C(S(=O)(=O)N(CC(C)C)CC(O)C(Cc3ccccc3)NC(=O)COc3c(Cl)cncc3Cl)CC2=N1. The fraction of sp³-hybridized carbons (Fsp3) is 0.367. The third-order valence-electron chi connectivity index (χ3n) is 6.82. The first-order chi connectivity index (χ1) is 20.5. The summed E-state index contributed by atoms with van der Waals surface area (Å²) in [6.45, 7) is 3.32. The molecule has 1 aromatic carbocycles. The average molecular weight is 649 g/mol. The molecule has 2 aromatic rings. The second-order valence-electron chi connectivity index (χ2n) is 10.6. The van der Waals surface area contributed by atoms with Gasteiger partial charge < -0.3 is 20.5 Å². The molecular formula is C30H35Cl2N5O5S. The molecule has 2 atom stereocenters. The molecule has 1 aromatic heterocycles. The van der Waals surface area contributed by atoms with E-state index in [4.69, 9.17) is 27.9 Å². The summed E-state index contributed by atoms with van der Waals surface area (Å²) in [6, 6.07) is 8.47. The lowest BCUT2D eigenvalue weighted by atomic mass is 10.0. The lowest BCUT2D eigenvalue weighted by molar-refractivity contribution is -0.124. The van der Waals surface area contributed by atoms with Gasteiger partial charge in [-0.3, -0.25) is 9.78 Å². The van der Waals surface area contributed by atoms with Crippen LogP contribution in [0.25, 0.3) is 0 Å². The maximum Gasteiger partial charge on any atom is 0.258 e. The normalized spacial score (nSPS) is 16.1. The van der Waals surface area contributed by atoms with Crippen molar-refractivity contribution < 1.29 is 23.1 Å². The van der Waals surface area contributed by atoms with E-state index >= 15 is 0 Å². The molecule has 10 nitrogen and oxygen atoms in total. The number of carbonyl (C=O) groups excluding carboxylic acids is 1. The Morgan fingerprint density at radius 1 is 1.12 bits per heavy atom. The van der Waals surface area contributed by atoms with Gasteiger partial charge in [-0.15, -0.1) is 0 Å². The van der Waals surface area contributed by atoms with Crippen LogP contribution in [0.3, 0.4) is 0 Å². The molecule has 0 fully saturated rings. The van der Waals surface area contributed by atoms with Gasteiger partial charge in [0.15, 0.2) is 12.4 Å². The number of rotatable bonds is 14. The van der Waals surface area contributed by atoms with E-state index in [-0.39, 0.29) is 52.5 Å². The first kappa shape index (κ1) is 32.7. The quantitative estimate of drug-likeness (QED) is 0.283. The van der Waals surface area contributed by atoms with Crippen LogP contribution in [0.2, 0.25) is 10.0 Å². The minimum atomic E-state index is -3.97. The van der Waals surface area contributed by atoms with Crippen molar-refractivity contribution in [2.75, 3.05) is 26.7 Å². The van der Waals surface area contributed by atoms with Crippen molar-refractivity contribution in [2.24, 2.45) is 10.9 Å². The molecule has 2 unspecified atom stereocenters. The molecule has 0 radical (unpaired) electrons. The molecular weight excluding hydrogens is 613 g/mol. The van der Waals surface area contributed by atoms with Crippen molar-refractivity contribution in [2.45, 2.75) is 38.8 Å². The summed E-state index contributed by atoms with van der Waals surface area (Å²) in [4.78, 5) is 21.5. The lowest BCUT2D eigenvalue weighted by Crippen LogP contribution is -2.52. The van der Waals surface area contributed by atoms with Crippen LogP contribution in [0.4, 0.5) is 0 Å². The number of aliphatic imine (C=N–C) groups is 1. The monoisotopic (exact) mass is 647 g/mol. The molecule has 0 bridgehead atoms. The van der Waals surface area contributed by atoms with Gasteiger partial charge in [0, 0.05) is 44.5 Å². The summed E-state index contributed by atoms with van der Waals surface area (Å²) in [6.07, 6.45) is 7.04. The topological polar surface area (TPSA) is 133 Å². The highest BCUT2D eigenvalue weighted by atomic mass is 35.5. The Hall–Kier alpha value is -3.22. The van der Waals surface area contributed by atoms with Crippen molar-refractivity contribution in [3.8, 4) is 5.75 Å². The number of nitrogens with zero attached hydrogens (tertiary/aromatic N) is 3. The van der Waals surface area contributed by atoms with Crippen LogP contribution in [-0.4, -0.2) is 73.3 Å². The number of hydrogen-bond donors (Lipinski definition) is 3. The van der Waals surface area contributed by atoms with E-state index in [1.807, 2.05) is 50.3 Å². The highest BCUT2D eigenvalue weighted by Gasteiger charge is 2.34. The molecule has 13 heteroatoms. The summed E-state index contributed by atoms with van der Waals surface area (Å²) >= 11 is 12.2. The molecule has 2 heterocycles. The highest BCUT2D eigenvalue weighted by Crippen LogP contribution is 2.31. The van der Waals surface area contributed by atoms with Crippen LogP contribution in [0, 0.1) is 5.92 Å². The number of ether oxygens (including phenoxy) is 1. The Balaban J connectivity index is 1.52. The number of carbonyl (C=O) groups is 1. The van der Waals surface area contributed by atoms with Crippen molar-refractivity contribution in [1.29, 1.82) is 0 Å². The summed E-state index contributed by atoms with van der Waals surface area (Å²) in [7, 11) is -2.22. The molecule has 0 saturated carbocycles. The average Bonchev–Trinajstić information content (AvgIpc) is 3.39. The van der Waals surface area contributed by atoms with Crippen molar-refractivity contribution in [3.05, 3.63) is 92.9 Å². The zero-order valence-electron chi connectivity index (χ0n) is 24.1. The number of amides is 1. The zero-order chi connectivity index (χ0) is 31.1. The summed E-state index contributed by atoms with van der Waals surface area (Å²) < 4.78 is 34.7. The molecule has 4 rings (SSSR count). The molecule has 43 heavy (non-hydrogen) atoms. The zero-order valence-corrected chi connectivity index (χ0v) is 26.5. The number of allylic oxidation sites excluding steroid dienone is 5. The second-order valence-corrected chi connectivity index (χ2v) is 13.4. The van der Waals surface area contributed by atoms with E-state index in [1.54, 1.807) is 19.2 Å². The Kier molecular flexibility index (Phi) is 11.0.